The van der Waals surface area contributed by atoms with Crippen LogP contribution in [-0.4, -0.2) is 28.2 Å². The summed E-state index contributed by atoms with van der Waals surface area (Å²) in [4.78, 5) is 11.7. The van der Waals surface area contributed by atoms with E-state index in [1.165, 1.54) is 29.5 Å². The molecule has 5 nitrogen and oxygen atoms in total. The van der Waals surface area contributed by atoms with Gasteiger partial charge in [0.2, 0.25) is 5.95 Å². The van der Waals surface area contributed by atoms with Crippen LogP contribution in [0.2, 0.25) is 5.02 Å². The summed E-state index contributed by atoms with van der Waals surface area (Å²) in [6.07, 6.45) is 5.72. The Morgan fingerprint density at radius 1 is 1.06 bits per heavy atom. The van der Waals surface area contributed by atoms with Crippen LogP contribution >= 0.6 is 23.8 Å². The molecule has 0 spiro atoms. The molecule has 176 valence electrons. The van der Waals surface area contributed by atoms with Gasteiger partial charge in [0.25, 0.3) is 0 Å². The Balaban J connectivity index is 1.26. The third-order valence-electron chi connectivity index (χ3n) is 7.11. The molecule has 1 saturated carbocycles. The van der Waals surface area contributed by atoms with Gasteiger partial charge < -0.3 is 15.5 Å². The minimum absolute atomic E-state index is 0.0520. The summed E-state index contributed by atoms with van der Waals surface area (Å²) >= 11 is 11.9. The van der Waals surface area contributed by atoms with Crippen LogP contribution in [0.15, 0.2) is 54.6 Å². The largest absolute Gasteiger partial charge is 0.361 e. The third-order valence-corrected chi connectivity index (χ3v) is 7.59. The molecule has 2 N–H and O–H groups in total. The first-order valence-electron chi connectivity index (χ1n) is 12.0. The number of hydrogen-bond donors (Lipinski definition) is 2. The predicted octanol–water partition coefficient (Wildman–Crippen LogP) is 5.80. The van der Waals surface area contributed by atoms with Crippen molar-refractivity contribution in [2.45, 2.75) is 51.0 Å². The zero-order chi connectivity index (χ0) is 23.5. The fourth-order valence-electron chi connectivity index (χ4n) is 5.29. The molecule has 2 heterocycles. The Hall–Kier alpha value is -2.70. The molecule has 7 heteroatoms. The maximum atomic E-state index is 6.30. The average Bonchev–Trinajstić information content (AvgIpc) is 3.32. The lowest BCUT2D eigenvalue weighted by Gasteiger charge is -2.31. The number of fused-ring (bicyclic) bond motifs is 1. The van der Waals surface area contributed by atoms with Gasteiger partial charge in [-0.1, -0.05) is 60.8 Å². The Morgan fingerprint density at radius 2 is 1.85 bits per heavy atom. The number of aromatic nitrogens is 2. The van der Waals surface area contributed by atoms with Crippen LogP contribution in [0.3, 0.4) is 0 Å². The van der Waals surface area contributed by atoms with E-state index in [9.17, 15) is 0 Å². The lowest BCUT2D eigenvalue weighted by atomic mass is 9.79. The fraction of sp³-hybridized carbons (Fsp3) is 0.370. The van der Waals surface area contributed by atoms with Gasteiger partial charge in [-0.3, -0.25) is 0 Å². The van der Waals surface area contributed by atoms with Crippen LogP contribution < -0.4 is 15.5 Å². The maximum Gasteiger partial charge on any atom is 0.231 e. The van der Waals surface area contributed by atoms with E-state index in [1.54, 1.807) is 0 Å². The molecule has 2 aliphatic rings. The highest BCUT2D eigenvalue weighted by Gasteiger charge is 2.35. The summed E-state index contributed by atoms with van der Waals surface area (Å²) in [6, 6.07) is 18.9. The normalized spacial score (nSPS) is 16.7. The number of aryl methyl sites for hydroxylation is 1. The molecule has 0 amide bonds. The molecule has 5 rings (SSSR count). The van der Waals surface area contributed by atoms with Gasteiger partial charge >= 0.3 is 0 Å². The van der Waals surface area contributed by atoms with Crippen LogP contribution in [0.5, 0.6) is 0 Å². The Kier molecular flexibility index (Phi) is 6.70. The summed E-state index contributed by atoms with van der Waals surface area (Å²) in [6.45, 7) is 4.56. The number of nitrogens with zero attached hydrogens (tertiary/aromatic N) is 3. The SMILES string of the molecule is Cc1cc(N2CCc3ccccc3C2)nc(NC(=S)NCC2(c3cccc(Cl)c3)CCCC2)n1. The van der Waals surface area contributed by atoms with Crippen LogP contribution in [-0.2, 0) is 18.4 Å². The molecule has 0 atom stereocenters. The van der Waals surface area contributed by atoms with Crippen molar-refractivity contribution in [3.63, 3.8) is 0 Å². The van der Waals surface area contributed by atoms with Crippen molar-refractivity contribution in [2.75, 3.05) is 23.3 Å². The van der Waals surface area contributed by atoms with E-state index in [-0.39, 0.29) is 5.41 Å². The van der Waals surface area contributed by atoms with Gasteiger partial charge in [0.1, 0.15) is 5.82 Å². The summed E-state index contributed by atoms with van der Waals surface area (Å²) < 4.78 is 0. The lowest BCUT2D eigenvalue weighted by molar-refractivity contribution is 0.435. The standard InChI is InChI=1S/C27H30ClN5S/c1-19-15-24(33-14-11-20-7-2-3-8-21(20)17-33)31-25(30-19)32-26(34)29-18-27(12-4-5-13-27)22-9-6-10-23(28)16-22/h2-3,6-10,15-16H,4-5,11-14,17-18H2,1H3,(H2,29,30,31,32,34). The smallest absolute Gasteiger partial charge is 0.231 e. The van der Waals surface area contributed by atoms with E-state index in [2.05, 4.69) is 56.9 Å². The molecule has 2 aromatic carbocycles. The van der Waals surface area contributed by atoms with E-state index >= 15 is 0 Å². The summed E-state index contributed by atoms with van der Waals surface area (Å²) in [5.74, 6) is 1.47. The molecule has 1 fully saturated rings. The topological polar surface area (TPSA) is 53.1 Å². The number of rotatable bonds is 5. The second-order valence-electron chi connectivity index (χ2n) is 9.44. The van der Waals surface area contributed by atoms with E-state index < -0.39 is 0 Å². The quantitative estimate of drug-likeness (QED) is 0.440. The molecule has 0 bridgehead atoms. The number of anilines is 2. The molecule has 1 aliphatic carbocycles. The van der Waals surface area contributed by atoms with Crippen molar-refractivity contribution >= 4 is 40.7 Å². The van der Waals surface area contributed by atoms with Crippen molar-refractivity contribution in [1.29, 1.82) is 0 Å². The summed E-state index contributed by atoms with van der Waals surface area (Å²) in [7, 11) is 0. The van der Waals surface area contributed by atoms with E-state index in [1.807, 2.05) is 25.1 Å². The van der Waals surface area contributed by atoms with Gasteiger partial charge in [-0.2, -0.15) is 4.98 Å². The molecule has 1 aromatic heterocycles. The van der Waals surface area contributed by atoms with Crippen LogP contribution in [0, 0.1) is 6.92 Å². The van der Waals surface area contributed by atoms with Crippen LogP contribution in [0.4, 0.5) is 11.8 Å². The van der Waals surface area contributed by atoms with Crippen molar-refractivity contribution in [2.24, 2.45) is 0 Å². The number of halogens is 1. The van der Waals surface area contributed by atoms with Gasteiger partial charge in [-0.15, -0.1) is 0 Å². The second-order valence-corrected chi connectivity index (χ2v) is 10.3. The molecule has 3 aromatic rings. The van der Waals surface area contributed by atoms with E-state index in [0.29, 0.717) is 11.1 Å². The minimum atomic E-state index is 0.0520. The number of nitrogens with one attached hydrogen (secondary N) is 2. The number of benzene rings is 2. The van der Waals surface area contributed by atoms with Gasteiger partial charge in [0.15, 0.2) is 5.11 Å². The summed E-state index contributed by atoms with van der Waals surface area (Å²) in [5, 5.41) is 8.01. The van der Waals surface area contributed by atoms with Crippen molar-refractivity contribution in [3.8, 4) is 0 Å². The first-order chi connectivity index (χ1) is 16.5. The predicted molar refractivity (Wildman–Crippen MR) is 144 cm³/mol. The molecule has 0 unspecified atom stereocenters. The minimum Gasteiger partial charge on any atom is -0.361 e. The third kappa shape index (κ3) is 5.03. The molecule has 0 saturated heterocycles. The van der Waals surface area contributed by atoms with Crippen molar-refractivity contribution in [3.05, 3.63) is 82.0 Å². The van der Waals surface area contributed by atoms with Gasteiger partial charge in [-0.25, -0.2) is 4.98 Å². The highest BCUT2D eigenvalue weighted by molar-refractivity contribution is 7.80. The van der Waals surface area contributed by atoms with Gasteiger partial charge in [0, 0.05) is 41.8 Å². The first-order valence-corrected chi connectivity index (χ1v) is 12.8. The van der Waals surface area contributed by atoms with Crippen LogP contribution in [0.25, 0.3) is 0 Å². The Morgan fingerprint density at radius 3 is 2.65 bits per heavy atom. The Labute approximate surface area is 212 Å². The average molecular weight is 492 g/mol. The maximum absolute atomic E-state index is 6.30. The monoisotopic (exact) mass is 491 g/mol. The van der Waals surface area contributed by atoms with Crippen molar-refractivity contribution < 1.29 is 0 Å². The molecular formula is C27H30ClN5S. The highest BCUT2D eigenvalue weighted by Crippen LogP contribution is 2.41. The lowest BCUT2D eigenvalue weighted by Crippen LogP contribution is -2.41. The first kappa shape index (κ1) is 23.1. The molecule has 0 radical (unpaired) electrons. The molecular weight excluding hydrogens is 462 g/mol. The molecule has 1 aliphatic heterocycles. The fourth-order valence-corrected chi connectivity index (χ4v) is 5.65. The van der Waals surface area contributed by atoms with Gasteiger partial charge in [0.05, 0.1) is 0 Å². The highest BCUT2D eigenvalue weighted by atomic mass is 35.5. The second kappa shape index (κ2) is 9.88. The molecule has 34 heavy (non-hydrogen) atoms. The Bertz CT molecular complexity index is 1190. The van der Waals surface area contributed by atoms with E-state index in [4.69, 9.17) is 28.8 Å². The van der Waals surface area contributed by atoms with Gasteiger partial charge in [-0.05, 0) is 67.2 Å². The summed E-state index contributed by atoms with van der Waals surface area (Å²) in [5.41, 5.74) is 5.04. The zero-order valence-electron chi connectivity index (χ0n) is 19.5. The zero-order valence-corrected chi connectivity index (χ0v) is 21.1. The van der Waals surface area contributed by atoms with Crippen molar-refractivity contribution in [1.82, 2.24) is 15.3 Å². The van der Waals surface area contributed by atoms with Crippen LogP contribution in [0.1, 0.15) is 48.1 Å². The number of hydrogen-bond acceptors (Lipinski definition) is 4. The van der Waals surface area contributed by atoms with E-state index in [0.717, 1.165) is 55.4 Å². The number of thiocarbonyl (C=S) groups is 1.